The predicted octanol–water partition coefficient (Wildman–Crippen LogP) is 3.57. The lowest BCUT2D eigenvalue weighted by molar-refractivity contribution is 0.589. The molecule has 0 N–H and O–H groups in total. The lowest BCUT2D eigenvalue weighted by Gasteiger charge is -2.05. The number of benzene rings is 2. The van der Waals surface area contributed by atoms with Crippen molar-refractivity contribution in [3.05, 3.63) is 70.3 Å². The number of rotatable bonds is 3. The highest BCUT2D eigenvalue weighted by Gasteiger charge is 2.37. The van der Waals surface area contributed by atoms with Crippen LogP contribution < -0.4 is 0 Å². The molecule has 0 fully saturated rings. The summed E-state index contributed by atoms with van der Waals surface area (Å²) >= 11 is 0. The number of hydrogen-bond donors (Lipinski definition) is 0. The molecule has 0 aliphatic carbocycles. The summed E-state index contributed by atoms with van der Waals surface area (Å²) in [5, 5.41) is -1.32. The zero-order valence-electron chi connectivity index (χ0n) is 10.8. The highest BCUT2D eigenvalue weighted by molar-refractivity contribution is 7.91. The highest BCUT2D eigenvalue weighted by Crippen LogP contribution is 2.30. The van der Waals surface area contributed by atoms with Gasteiger partial charge in [0.15, 0.2) is 0 Å². The quantitative estimate of drug-likeness (QED) is 0.866. The first-order valence-corrected chi connectivity index (χ1v) is 7.46. The van der Waals surface area contributed by atoms with Crippen molar-refractivity contribution in [1.29, 1.82) is 0 Å². The van der Waals surface area contributed by atoms with Gasteiger partial charge in [-0.25, -0.2) is 12.8 Å². The average Bonchev–Trinajstić information content (AvgIpc) is 2.40. The monoisotopic (exact) mass is 290 g/mol. The Morgan fingerprint density at radius 1 is 1.15 bits per heavy atom. The van der Waals surface area contributed by atoms with Gasteiger partial charge in [0, 0.05) is 0 Å². The van der Waals surface area contributed by atoms with Gasteiger partial charge in [-0.3, -0.25) is 0 Å². The van der Waals surface area contributed by atoms with Gasteiger partial charge in [-0.2, -0.15) is 0 Å². The fourth-order valence-electron chi connectivity index (χ4n) is 1.86. The molecule has 0 aliphatic rings. The summed E-state index contributed by atoms with van der Waals surface area (Å²) in [4.78, 5) is 3.52. The maximum atomic E-state index is 13.2. The van der Waals surface area contributed by atoms with Crippen LogP contribution in [0.1, 0.15) is 16.5 Å². The first-order chi connectivity index (χ1) is 9.45. The van der Waals surface area contributed by atoms with Crippen LogP contribution in [0.15, 0.2) is 53.4 Å². The average molecular weight is 290 g/mol. The normalized spacial score (nSPS) is 12.7. The van der Waals surface area contributed by atoms with E-state index in [1.165, 1.54) is 30.3 Å². The Hall–Kier alpha value is -2.19. The Morgan fingerprint density at radius 2 is 1.80 bits per heavy atom. The minimum absolute atomic E-state index is 0.103. The zero-order valence-corrected chi connectivity index (χ0v) is 11.6. The van der Waals surface area contributed by atoms with Crippen molar-refractivity contribution in [2.45, 2.75) is 17.2 Å². The van der Waals surface area contributed by atoms with Crippen LogP contribution in [0.2, 0.25) is 0 Å². The zero-order chi connectivity index (χ0) is 14.8. The van der Waals surface area contributed by atoms with E-state index >= 15 is 0 Å². The largest absolute Gasteiger partial charge is 0.398 e. The first kappa shape index (κ1) is 14.2. The molecule has 0 bridgehead atoms. The first-order valence-electron chi connectivity index (χ1n) is 5.91. The minimum atomic E-state index is -3.80. The van der Waals surface area contributed by atoms with E-state index in [9.17, 15) is 12.8 Å². The number of sulfone groups is 1. The molecule has 1 atom stereocenters. The second-order valence-electron chi connectivity index (χ2n) is 4.41. The Labute approximate surface area is 117 Å². The summed E-state index contributed by atoms with van der Waals surface area (Å²) in [5.41, 5.74) is 1.14. The molecule has 2 aromatic rings. The maximum Gasteiger partial charge on any atom is 0.398 e. The molecule has 0 radical (unpaired) electrons. The van der Waals surface area contributed by atoms with Crippen LogP contribution in [-0.2, 0) is 9.84 Å². The second-order valence-corrected chi connectivity index (χ2v) is 6.42. The fourth-order valence-corrected chi connectivity index (χ4v) is 3.30. The third kappa shape index (κ3) is 2.70. The van der Waals surface area contributed by atoms with Gasteiger partial charge in [0.1, 0.15) is 5.82 Å². The van der Waals surface area contributed by atoms with Gasteiger partial charge in [-0.1, -0.05) is 28.6 Å². The summed E-state index contributed by atoms with van der Waals surface area (Å²) in [6.45, 7) is 7.09. The smallest absolute Gasteiger partial charge is 0.215 e. The Balaban J connectivity index is 2.51. The minimum Gasteiger partial charge on any atom is -0.215 e. The molecule has 3 nitrogen and oxygen atoms in total. The number of hydrogen-bond acceptors (Lipinski definition) is 2. The van der Waals surface area contributed by atoms with Gasteiger partial charge in [-0.05, 0) is 37.3 Å². The van der Waals surface area contributed by atoms with E-state index in [2.05, 4.69) is 4.85 Å². The van der Waals surface area contributed by atoms with Crippen LogP contribution in [0.25, 0.3) is 4.85 Å². The molecule has 0 amide bonds. The maximum absolute atomic E-state index is 13.2. The Morgan fingerprint density at radius 3 is 2.35 bits per heavy atom. The van der Waals surface area contributed by atoms with Gasteiger partial charge < -0.3 is 0 Å². The van der Waals surface area contributed by atoms with Crippen molar-refractivity contribution < 1.29 is 12.8 Å². The summed E-state index contributed by atoms with van der Waals surface area (Å²) in [7, 11) is -3.80. The van der Waals surface area contributed by atoms with Gasteiger partial charge in [0.2, 0.25) is 0 Å². The van der Waals surface area contributed by atoms with E-state index < -0.39 is 21.0 Å². The van der Waals surface area contributed by atoms with Crippen LogP contribution in [0, 0.1) is 19.3 Å². The molecule has 0 saturated carbocycles. The summed E-state index contributed by atoms with van der Waals surface area (Å²) in [5.74, 6) is -0.532. The van der Waals surface area contributed by atoms with Gasteiger partial charge >= 0.3 is 5.37 Å². The highest BCUT2D eigenvalue weighted by atomic mass is 32.2. The molecule has 20 heavy (non-hydrogen) atoms. The van der Waals surface area contributed by atoms with Crippen LogP contribution in [-0.4, -0.2) is 8.42 Å². The summed E-state index contributed by atoms with van der Waals surface area (Å²) < 4.78 is 38.2. The van der Waals surface area contributed by atoms with Gasteiger partial charge in [0.05, 0.1) is 10.5 Å². The lowest BCUT2D eigenvalue weighted by atomic mass is 10.2. The van der Waals surface area contributed by atoms with Crippen LogP contribution in [0.3, 0.4) is 0 Å². The van der Waals surface area contributed by atoms with Crippen molar-refractivity contribution >= 4 is 9.84 Å². The third-order valence-electron chi connectivity index (χ3n) is 2.91. The molecular formula is C15H13FNO2S+. The van der Waals surface area contributed by atoms with Crippen molar-refractivity contribution in [1.82, 2.24) is 0 Å². The van der Waals surface area contributed by atoms with E-state index in [0.717, 1.165) is 11.6 Å². The fraction of sp³-hybridized carbons (Fsp3) is 0.133. The van der Waals surface area contributed by atoms with Crippen molar-refractivity contribution in [3.8, 4) is 6.57 Å². The van der Waals surface area contributed by atoms with E-state index in [1.54, 1.807) is 12.1 Å². The lowest BCUT2D eigenvalue weighted by Crippen LogP contribution is -2.11. The second kappa shape index (κ2) is 5.43. The molecule has 0 heterocycles. The standard InChI is InChI=1S/C15H13FNO2S/c1-11-6-8-14(9-7-11)20(18,19)15(17-2)12-4-3-5-13(16)10-12/h2-10,15H,1H3/q+1. The molecule has 2 aromatic carbocycles. The molecule has 0 saturated heterocycles. The molecule has 0 aromatic heterocycles. The van der Waals surface area contributed by atoms with E-state index in [-0.39, 0.29) is 10.5 Å². The topological polar surface area (TPSA) is 38.5 Å². The Bertz CT molecular complexity index is 761. The number of aryl methyl sites for hydroxylation is 1. The summed E-state index contributed by atoms with van der Waals surface area (Å²) in [6, 6.07) is 11.6. The molecule has 102 valence electrons. The molecule has 2 rings (SSSR count). The van der Waals surface area contributed by atoms with E-state index in [1.807, 2.05) is 6.92 Å². The summed E-state index contributed by atoms with van der Waals surface area (Å²) in [6.07, 6.45) is 0. The van der Waals surface area contributed by atoms with Crippen LogP contribution in [0.4, 0.5) is 4.39 Å². The molecule has 0 aliphatic heterocycles. The molecular weight excluding hydrogens is 277 g/mol. The van der Waals surface area contributed by atoms with Crippen molar-refractivity contribution in [3.63, 3.8) is 0 Å². The third-order valence-corrected chi connectivity index (χ3v) is 4.82. The van der Waals surface area contributed by atoms with Crippen molar-refractivity contribution in [2.24, 2.45) is 0 Å². The van der Waals surface area contributed by atoms with Gasteiger partial charge in [-0.15, -0.1) is 0 Å². The van der Waals surface area contributed by atoms with E-state index in [4.69, 9.17) is 6.57 Å². The SMILES string of the molecule is C#[N+]C(c1cccc(F)c1)S(=O)(=O)c1ccc(C)cc1. The van der Waals surface area contributed by atoms with E-state index in [0.29, 0.717) is 0 Å². The van der Waals surface area contributed by atoms with Crippen LogP contribution >= 0.6 is 0 Å². The van der Waals surface area contributed by atoms with Crippen LogP contribution in [0.5, 0.6) is 0 Å². The number of nitrogens with zero attached hydrogens (tertiary/aromatic N) is 1. The van der Waals surface area contributed by atoms with Gasteiger partial charge in [0.25, 0.3) is 16.4 Å². The Kier molecular flexibility index (Phi) is 3.86. The number of halogens is 1. The molecule has 5 heteroatoms. The molecule has 1 unspecified atom stereocenters. The molecule has 0 spiro atoms. The van der Waals surface area contributed by atoms with Crippen molar-refractivity contribution in [2.75, 3.05) is 0 Å². The predicted molar refractivity (Wildman–Crippen MR) is 75.8 cm³/mol.